The van der Waals surface area contributed by atoms with Gasteiger partial charge in [-0.25, -0.2) is 4.98 Å². The first-order valence-electron chi connectivity index (χ1n) is 9.11. The van der Waals surface area contributed by atoms with Crippen molar-refractivity contribution in [2.24, 2.45) is 0 Å². The lowest BCUT2D eigenvalue weighted by Gasteiger charge is -2.07. The molecule has 9 heteroatoms. The van der Waals surface area contributed by atoms with Crippen molar-refractivity contribution in [1.29, 1.82) is 0 Å². The Morgan fingerprint density at radius 2 is 1.90 bits per heavy atom. The Balaban J connectivity index is 1.63. The van der Waals surface area contributed by atoms with E-state index in [1.54, 1.807) is 18.2 Å². The zero-order valence-corrected chi connectivity index (χ0v) is 16.2. The number of benzene rings is 2. The van der Waals surface area contributed by atoms with Gasteiger partial charge in [0.2, 0.25) is 0 Å². The predicted octanol–water partition coefficient (Wildman–Crippen LogP) is 3.86. The third-order valence-electron chi connectivity index (χ3n) is 4.46. The van der Waals surface area contributed by atoms with Crippen molar-refractivity contribution in [3.05, 3.63) is 71.1 Å². The highest BCUT2D eigenvalue weighted by atomic mass is 19.4. The summed E-state index contributed by atoms with van der Waals surface area (Å²) >= 11 is 0. The molecular weight excluding hydrogens is 397 g/mol. The van der Waals surface area contributed by atoms with E-state index in [9.17, 15) is 22.8 Å². The molecular formula is C21H19F3N4O2. The summed E-state index contributed by atoms with van der Waals surface area (Å²) in [7, 11) is 0. The molecule has 0 saturated carbocycles. The molecule has 0 spiro atoms. The second-order valence-corrected chi connectivity index (χ2v) is 6.51. The van der Waals surface area contributed by atoms with Gasteiger partial charge in [0.25, 0.3) is 11.8 Å². The van der Waals surface area contributed by atoms with Gasteiger partial charge in [0.15, 0.2) is 0 Å². The number of carbonyl (C=O) groups is 2. The molecule has 0 aliphatic rings. The van der Waals surface area contributed by atoms with E-state index in [4.69, 9.17) is 0 Å². The van der Waals surface area contributed by atoms with Crippen molar-refractivity contribution >= 4 is 28.9 Å². The van der Waals surface area contributed by atoms with Crippen LogP contribution in [0.2, 0.25) is 0 Å². The lowest BCUT2D eigenvalue weighted by Crippen LogP contribution is -2.40. The summed E-state index contributed by atoms with van der Waals surface area (Å²) in [6, 6.07) is 9.58. The fourth-order valence-corrected chi connectivity index (χ4v) is 3.01. The summed E-state index contributed by atoms with van der Waals surface area (Å²) in [5.41, 5.74) is 5.74. The van der Waals surface area contributed by atoms with Crippen molar-refractivity contribution < 1.29 is 22.8 Å². The molecule has 3 aromatic rings. The summed E-state index contributed by atoms with van der Waals surface area (Å²) in [4.78, 5) is 28.6. The summed E-state index contributed by atoms with van der Waals surface area (Å²) < 4.78 is 40.2. The number of aromatic nitrogens is 2. The molecule has 0 aliphatic heterocycles. The molecule has 0 fully saturated rings. The second-order valence-electron chi connectivity index (χ2n) is 6.51. The van der Waals surface area contributed by atoms with Crippen LogP contribution in [-0.2, 0) is 17.5 Å². The number of hydrazine groups is 1. The van der Waals surface area contributed by atoms with Crippen LogP contribution in [-0.4, -0.2) is 21.4 Å². The second kappa shape index (κ2) is 8.40. The molecule has 0 bridgehead atoms. The van der Waals surface area contributed by atoms with Crippen LogP contribution in [0.5, 0.6) is 0 Å². The van der Waals surface area contributed by atoms with Crippen LogP contribution in [0.1, 0.15) is 34.2 Å². The minimum atomic E-state index is -4.47. The van der Waals surface area contributed by atoms with Gasteiger partial charge in [0.05, 0.1) is 16.6 Å². The molecule has 0 aliphatic carbocycles. The molecule has 1 heterocycles. The predicted molar refractivity (Wildman–Crippen MR) is 106 cm³/mol. The number of alkyl halides is 3. The average Bonchev–Trinajstić information content (AvgIpc) is 3.04. The Morgan fingerprint density at radius 3 is 2.60 bits per heavy atom. The minimum absolute atomic E-state index is 0.207. The average molecular weight is 416 g/mol. The van der Waals surface area contributed by atoms with E-state index < -0.39 is 23.6 Å². The van der Waals surface area contributed by atoms with Gasteiger partial charge in [-0.05, 0) is 55.8 Å². The summed E-state index contributed by atoms with van der Waals surface area (Å²) in [5, 5.41) is 0. The number of fused-ring (bicyclic) bond motifs is 1. The molecule has 3 rings (SSSR count). The standard InChI is InChI=1S/C21H19F3N4O2/c1-3-28-13(2)25-17-12-15(8-9-18(17)28)20(30)27-26-19(29)10-7-14-5-4-6-16(11-14)21(22,23)24/h4-12H,3H2,1-2H3,(H,26,29)(H,27,30)/b10-7+. The molecule has 2 amide bonds. The maximum Gasteiger partial charge on any atom is 0.416 e. The zero-order chi connectivity index (χ0) is 21.9. The highest BCUT2D eigenvalue weighted by Crippen LogP contribution is 2.29. The Morgan fingerprint density at radius 1 is 1.13 bits per heavy atom. The third kappa shape index (κ3) is 4.68. The van der Waals surface area contributed by atoms with Crippen LogP contribution >= 0.6 is 0 Å². The largest absolute Gasteiger partial charge is 0.416 e. The molecule has 2 N–H and O–H groups in total. The SMILES string of the molecule is CCn1c(C)nc2cc(C(=O)NNC(=O)/C=C/c3cccc(C(F)(F)F)c3)ccc21. The van der Waals surface area contributed by atoms with Crippen LogP contribution in [0.15, 0.2) is 48.5 Å². The Kier molecular flexibility index (Phi) is 5.91. The number of halogens is 3. The van der Waals surface area contributed by atoms with Crippen molar-refractivity contribution in [3.63, 3.8) is 0 Å². The van der Waals surface area contributed by atoms with Gasteiger partial charge in [-0.3, -0.25) is 20.4 Å². The maximum atomic E-state index is 12.7. The Labute approximate surface area is 170 Å². The molecule has 2 aromatic carbocycles. The van der Waals surface area contributed by atoms with Crippen LogP contribution in [0.4, 0.5) is 13.2 Å². The maximum absolute atomic E-state index is 12.7. The van der Waals surface area contributed by atoms with E-state index in [1.165, 1.54) is 18.2 Å². The summed E-state index contributed by atoms with van der Waals surface area (Å²) in [6.45, 7) is 4.62. The highest BCUT2D eigenvalue weighted by Gasteiger charge is 2.30. The van der Waals surface area contributed by atoms with Gasteiger partial charge in [-0.15, -0.1) is 0 Å². The lowest BCUT2D eigenvalue weighted by molar-refractivity contribution is -0.137. The molecule has 6 nitrogen and oxygen atoms in total. The number of nitrogens with one attached hydrogen (secondary N) is 2. The van der Waals surface area contributed by atoms with Crippen molar-refractivity contribution in [1.82, 2.24) is 20.4 Å². The lowest BCUT2D eigenvalue weighted by atomic mass is 10.1. The van der Waals surface area contributed by atoms with Crippen LogP contribution in [0.25, 0.3) is 17.1 Å². The topological polar surface area (TPSA) is 76.0 Å². The van der Waals surface area contributed by atoms with Crippen molar-refractivity contribution in [3.8, 4) is 0 Å². The first kappa shape index (κ1) is 21.1. The van der Waals surface area contributed by atoms with E-state index in [1.807, 2.05) is 18.4 Å². The van der Waals surface area contributed by atoms with Gasteiger partial charge in [0.1, 0.15) is 5.82 Å². The summed E-state index contributed by atoms with van der Waals surface area (Å²) in [6.07, 6.45) is -2.21. The molecule has 30 heavy (non-hydrogen) atoms. The number of amides is 2. The first-order chi connectivity index (χ1) is 14.2. The van der Waals surface area contributed by atoms with Gasteiger partial charge < -0.3 is 4.57 Å². The minimum Gasteiger partial charge on any atom is -0.329 e. The zero-order valence-electron chi connectivity index (χ0n) is 16.2. The number of hydrogen-bond donors (Lipinski definition) is 2. The first-order valence-corrected chi connectivity index (χ1v) is 9.11. The van der Waals surface area contributed by atoms with Crippen LogP contribution in [0, 0.1) is 6.92 Å². The molecule has 156 valence electrons. The van der Waals surface area contributed by atoms with Crippen LogP contribution in [0.3, 0.4) is 0 Å². The smallest absolute Gasteiger partial charge is 0.329 e. The van der Waals surface area contributed by atoms with E-state index >= 15 is 0 Å². The Bertz CT molecular complexity index is 1130. The number of nitrogens with zero attached hydrogens (tertiary/aromatic N) is 2. The van der Waals surface area contributed by atoms with Crippen molar-refractivity contribution in [2.75, 3.05) is 0 Å². The fourth-order valence-electron chi connectivity index (χ4n) is 3.01. The summed E-state index contributed by atoms with van der Waals surface area (Å²) in [5.74, 6) is -0.396. The number of hydrogen-bond acceptors (Lipinski definition) is 3. The van der Waals surface area contributed by atoms with E-state index in [0.717, 1.165) is 36.1 Å². The molecule has 1 aromatic heterocycles. The quantitative estimate of drug-likeness (QED) is 0.501. The number of rotatable bonds is 4. The number of carbonyl (C=O) groups excluding carboxylic acids is 2. The third-order valence-corrected chi connectivity index (χ3v) is 4.46. The van der Waals surface area contributed by atoms with E-state index in [-0.39, 0.29) is 5.56 Å². The van der Waals surface area contributed by atoms with Gasteiger partial charge in [-0.2, -0.15) is 13.2 Å². The number of aryl methyl sites for hydroxylation is 2. The van der Waals surface area contributed by atoms with E-state index in [0.29, 0.717) is 11.1 Å². The van der Waals surface area contributed by atoms with Gasteiger partial charge in [-0.1, -0.05) is 12.1 Å². The Hall–Kier alpha value is -3.62. The van der Waals surface area contributed by atoms with E-state index in [2.05, 4.69) is 15.8 Å². The molecule has 0 radical (unpaired) electrons. The van der Waals surface area contributed by atoms with Crippen LogP contribution < -0.4 is 10.9 Å². The van der Waals surface area contributed by atoms with Gasteiger partial charge in [0, 0.05) is 18.2 Å². The molecule has 0 unspecified atom stereocenters. The normalized spacial score (nSPS) is 11.8. The fraction of sp³-hybridized carbons (Fsp3) is 0.190. The number of imidazole rings is 1. The molecule has 0 saturated heterocycles. The highest BCUT2D eigenvalue weighted by molar-refractivity contribution is 5.99. The van der Waals surface area contributed by atoms with Crippen molar-refractivity contribution in [2.45, 2.75) is 26.6 Å². The van der Waals surface area contributed by atoms with Gasteiger partial charge >= 0.3 is 6.18 Å². The molecule has 0 atom stereocenters. The monoisotopic (exact) mass is 416 g/mol.